The van der Waals surface area contributed by atoms with Gasteiger partial charge in [-0.25, -0.2) is 4.79 Å². The Kier molecular flexibility index (Phi) is 4.11. The molecule has 1 atom stereocenters. The normalized spacial score (nSPS) is 12.2. The molecule has 2 N–H and O–H groups in total. The number of aliphatic hydroxyl groups excluding tert-OH is 1. The van der Waals surface area contributed by atoms with Gasteiger partial charge in [-0.1, -0.05) is 0 Å². The number of ether oxygens (including phenoxy) is 1. The number of halogens is 1. The van der Waals surface area contributed by atoms with Gasteiger partial charge in [0.05, 0.1) is 16.1 Å². The first-order valence-corrected chi connectivity index (χ1v) is 5.13. The molecule has 0 unspecified atom stereocenters. The van der Waals surface area contributed by atoms with Gasteiger partial charge in [0.15, 0.2) is 0 Å². The van der Waals surface area contributed by atoms with E-state index in [0.29, 0.717) is 10.2 Å². The fourth-order valence-corrected chi connectivity index (χ4v) is 1.45. The number of benzene rings is 1. The summed E-state index contributed by atoms with van der Waals surface area (Å²) in [6, 6.07) is 4.46. The quantitative estimate of drug-likeness (QED) is 0.880. The van der Waals surface area contributed by atoms with E-state index in [0.717, 1.165) is 0 Å². The van der Waals surface area contributed by atoms with E-state index in [2.05, 4.69) is 15.9 Å². The molecule has 0 heterocycles. The second kappa shape index (κ2) is 5.14. The van der Waals surface area contributed by atoms with Gasteiger partial charge in [-0.2, -0.15) is 0 Å². The van der Waals surface area contributed by atoms with E-state index in [9.17, 15) is 4.79 Å². The summed E-state index contributed by atoms with van der Waals surface area (Å²) in [5.74, 6) is -0.473. The van der Waals surface area contributed by atoms with Crippen LogP contribution in [0.5, 0.6) is 5.75 Å². The van der Waals surface area contributed by atoms with Crippen molar-refractivity contribution in [3.8, 4) is 5.75 Å². The SMILES string of the molecule is C[C@@H](O)COc1ccc(C(=O)O)cc1Br. The summed E-state index contributed by atoms with van der Waals surface area (Å²) in [6.07, 6.45) is -0.559. The highest BCUT2D eigenvalue weighted by Crippen LogP contribution is 2.26. The predicted molar refractivity (Wildman–Crippen MR) is 58.3 cm³/mol. The summed E-state index contributed by atoms with van der Waals surface area (Å²) >= 11 is 3.20. The van der Waals surface area contributed by atoms with Crippen LogP contribution >= 0.6 is 15.9 Å². The van der Waals surface area contributed by atoms with E-state index in [-0.39, 0.29) is 12.2 Å². The molecule has 0 amide bonds. The average molecular weight is 275 g/mol. The van der Waals surface area contributed by atoms with Crippen LogP contribution < -0.4 is 4.74 Å². The minimum Gasteiger partial charge on any atom is -0.490 e. The first-order chi connectivity index (χ1) is 7.00. The Labute approximate surface area is 95.6 Å². The molecular weight excluding hydrogens is 264 g/mol. The van der Waals surface area contributed by atoms with Crippen molar-refractivity contribution in [3.63, 3.8) is 0 Å². The summed E-state index contributed by atoms with van der Waals surface area (Å²) < 4.78 is 5.80. The lowest BCUT2D eigenvalue weighted by atomic mass is 10.2. The van der Waals surface area contributed by atoms with Gasteiger partial charge < -0.3 is 14.9 Å². The first-order valence-electron chi connectivity index (χ1n) is 4.34. The molecule has 0 spiro atoms. The third-order valence-corrected chi connectivity index (χ3v) is 2.28. The standard InChI is InChI=1S/C10H11BrO4/c1-6(12)5-15-9-3-2-7(10(13)14)4-8(9)11/h2-4,6,12H,5H2,1H3,(H,13,14)/t6-/m1/s1. The molecular formula is C10H11BrO4. The van der Waals surface area contributed by atoms with Crippen LogP contribution in [-0.4, -0.2) is 28.9 Å². The lowest BCUT2D eigenvalue weighted by molar-refractivity contribution is 0.0696. The molecule has 0 radical (unpaired) electrons. The fourth-order valence-electron chi connectivity index (χ4n) is 0.961. The molecule has 4 nitrogen and oxygen atoms in total. The Balaban J connectivity index is 2.79. The molecule has 0 aliphatic rings. The number of hydrogen-bond donors (Lipinski definition) is 2. The molecule has 1 rings (SSSR count). The van der Waals surface area contributed by atoms with Crippen molar-refractivity contribution in [3.05, 3.63) is 28.2 Å². The van der Waals surface area contributed by atoms with E-state index in [1.165, 1.54) is 12.1 Å². The van der Waals surface area contributed by atoms with Gasteiger partial charge in [0, 0.05) is 0 Å². The lowest BCUT2D eigenvalue weighted by Gasteiger charge is -2.09. The van der Waals surface area contributed by atoms with E-state index in [1.54, 1.807) is 13.0 Å². The summed E-state index contributed by atoms with van der Waals surface area (Å²) in [4.78, 5) is 10.6. The average Bonchev–Trinajstić information content (AvgIpc) is 2.15. The highest BCUT2D eigenvalue weighted by molar-refractivity contribution is 9.10. The Morgan fingerprint density at radius 3 is 2.73 bits per heavy atom. The van der Waals surface area contributed by atoms with Crippen molar-refractivity contribution < 1.29 is 19.7 Å². The summed E-state index contributed by atoms with van der Waals surface area (Å²) in [5.41, 5.74) is 0.186. The third-order valence-electron chi connectivity index (χ3n) is 1.66. The fraction of sp³-hybridized carbons (Fsp3) is 0.300. The number of aliphatic hydroxyl groups is 1. The van der Waals surface area contributed by atoms with E-state index in [4.69, 9.17) is 14.9 Å². The van der Waals surface area contributed by atoms with Crippen molar-refractivity contribution in [1.29, 1.82) is 0 Å². The zero-order chi connectivity index (χ0) is 11.4. The van der Waals surface area contributed by atoms with Crippen molar-refractivity contribution in [2.24, 2.45) is 0 Å². The van der Waals surface area contributed by atoms with Crippen molar-refractivity contribution in [2.75, 3.05) is 6.61 Å². The topological polar surface area (TPSA) is 66.8 Å². The maximum absolute atomic E-state index is 10.6. The molecule has 1 aromatic carbocycles. The van der Waals surface area contributed by atoms with Gasteiger partial charge in [-0.3, -0.25) is 0 Å². The Morgan fingerprint density at radius 1 is 1.60 bits per heavy atom. The van der Waals surface area contributed by atoms with Gasteiger partial charge in [-0.15, -0.1) is 0 Å². The maximum Gasteiger partial charge on any atom is 0.335 e. The number of carboxylic acid groups (broad SMARTS) is 1. The number of hydrogen-bond acceptors (Lipinski definition) is 3. The summed E-state index contributed by atoms with van der Waals surface area (Å²) in [7, 11) is 0. The Morgan fingerprint density at radius 2 is 2.27 bits per heavy atom. The molecule has 5 heteroatoms. The van der Waals surface area contributed by atoms with Crippen molar-refractivity contribution >= 4 is 21.9 Å². The van der Waals surface area contributed by atoms with Gasteiger partial charge in [-0.05, 0) is 41.1 Å². The monoisotopic (exact) mass is 274 g/mol. The predicted octanol–water partition coefficient (Wildman–Crippen LogP) is 1.91. The molecule has 0 aliphatic heterocycles. The summed E-state index contributed by atoms with van der Waals surface area (Å²) in [5, 5.41) is 17.7. The smallest absolute Gasteiger partial charge is 0.335 e. The van der Waals surface area contributed by atoms with Crippen LogP contribution in [0.2, 0.25) is 0 Å². The Bertz CT molecular complexity index is 362. The second-order valence-corrected chi connectivity index (χ2v) is 3.96. The molecule has 0 aromatic heterocycles. The maximum atomic E-state index is 10.6. The largest absolute Gasteiger partial charge is 0.490 e. The summed E-state index contributed by atoms with van der Waals surface area (Å²) in [6.45, 7) is 1.78. The van der Waals surface area contributed by atoms with Gasteiger partial charge in [0.25, 0.3) is 0 Å². The van der Waals surface area contributed by atoms with Gasteiger partial charge in [0.2, 0.25) is 0 Å². The molecule has 82 valence electrons. The zero-order valence-electron chi connectivity index (χ0n) is 8.11. The molecule has 0 saturated heterocycles. The molecule has 0 fully saturated rings. The van der Waals surface area contributed by atoms with Crippen LogP contribution in [0.15, 0.2) is 22.7 Å². The highest BCUT2D eigenvalue weighted by Gasteiger charge is 2.08. The lowest BCUT2D eigenvalue weighted by Crippen LogP contribution is -2.13. The number of carboxylic acids is 1. The van der Waals surface area contributed by atoms with Gasteiger partial charge >= 0.3 is 5.97 Å². The van der Waals surface area contributed by atoms with Crippen LogP contribution in [0.25, 0.3) is 0 Å². The number of aromatic carboxylic acids is 1. The van der Waals surface area contributed by atoms with E-state index in [1.807, 2.05) is 0 Å². The second-order valence-electron chi connectivity index (χ2n) is 3.11. The molecule has 0 aliphatic carbocycles. The molecule has 1 aromatic rings. The molecule has 0 saturated carbocycles. The van der Waals surface area contributed by atoms with Gasteiger partial charge in [0.1, 0.15) is 12.4 Å². The van der Waals surface area contributed by atoms with Crippen LogP contribution in [0.4, 0.5) is 0 Å². The first kappa shape index (κ1) is 12.0. The van der Waals surface area contributed by atoms with Crippen LogP contribution in [0, 0.1) is 0 Å². The van der Waals surface area contributed by atoms with E-state index < -0.39 is 12.1 Å². The van der Waals surface area contributed by atoms with Crippen LogP contribution in [0.1, 0.15) is 17.3 Å². The van der Waals surface area contributed by atoms with E-state index >= 15 is 0 Å². The number of carbonyl (C=O) groups is 1. The number of rotatable bonds is 4. The molecule has 0 bridgehead atoms. The highest BCUT2D eigenvalue weighted by atomic mass is 79.9. The van der Waals surface area contributed by atoms with Crippen molar-refractivity contribution in [2.45, 2.75) is 13.0 Å². The Hall–Kier alpha value is -1.07. The minimum absolute atomic E-state index is 0.172. The van der Waals surface area contributed by atoms with Crippen molar-refractivity contribution in [1.82, 2.24) is 0 Å². The zero-order valence-corrected chi connectivity index (χ0v) is 9.69. The van der Waals surface area contributed by atoms with Crippen LogP contribution in [-0.2, 0) is 0 Å². The molecule has 15 heavy (non-hydrogen) atoms. The van der Waals surface area contributed by atoms with Crippen LogP contribution in [0.3, 0.4) is 0 Å². The third kappa shape index (κ3) is 3.53. The minimum atomic E-state index is -0.988.